The minimum Gasteiger partial charge on any atom is -0.394 e. The second-order valence-electron chi connectivity index (χ2n) is 8.27. The topological polar surface area (TPSA) is 82.2 Å². The molecule has 34 heavy (non-hydrogen) atoms. The lowest BCUT2D eigenvalue weighted by atomic mass is 10.1. The number of hydrogen-bond acceptors (Lipinski definition) is 6. The fourth-order valence-corrected chi connectivity index (χ4v) is 5.11. The van der Waals surface area contributed by atoms with Gasteiger partial charge in [-0.2, -0.15) is 0 Å². The fourth-order valence-electron chi connectivity index (χ4n) is 4.02. The first-order valence-corrected chi connectivity index (χ1v) is 12.2. The van der Waals surface area contributed by atoms with Crippen molar-refractivity contribution >= 4 is 43.8 Å². The summed E-state index contributed by atoms with van der Waals surface area (Å²) in [5, 5.41) is 16.9. The van der Waals surface area contributed by atoms with Crippen LogP contribution in [-0.2, 0) is 11.3 Å². The molecule has 0 saturated heterocycles. The molecule has 5 aromatic rings. The molecular formula is C27H28N4O2S. The Balaban J connectivity index is 1.30. The molecule has 0 radical (unpaired) electrons. The van der Waals surface area contributed by atoms with E-state index in [-0.39, 0.29) is 6.61 Å². The van der Waals surface area contributed by atoms with Gasteiger partial charge in [0.2, 0.25) is 0 Å². The lowest BCUT2D eigenvalue weighted by molar-refractivity contribution is 0.0938. The molecule has 0 fully saturated rings. The number of aromatic nitrogens is 2. The summed E-state index contributed by atoms with van der Waals surface area (Å²) in [6.45, 7) is 4.68. The van der Waals surface area contributed by atoms with E-state index in [9.17, 15) is 0 Å². The third kappa shape index (κ3) is 5.13. The van der Waals surface area contributed by atoms with Crippen LogP contribution >= 0.6 is 11.3 Å². The molecule has 3 heterocycles. The maximum absolute atomic E-state index is 8.73. The number of aliphatic hydroxyl groups is 1. The molecule has 0 atom stereocenters. The van der Waals surface area contributed by atoms with Crippen LogP contribution in [0.2, 0.25) is 0 Å². The van der Waals surface area contributed by atoms with E-state index < -0.39 is 0 Å². The highest BCUT2D eigenvalue weighted by molar-refractivity contribution is 7.22. The molecule has 0 bridgehead atoms. The van der Waals surface area contributed by atoms with Crippen LogP contribution in [0.25, 0.3) is 31.6 Å². The standard InChI is InChI=1S/C27H28N4O2S/c1-18-14-21-15-22(6-7-23(21)30-18)31-24-8-9-29-25-16-26(34-27(24)25)20-4-2-19(3-5-20)17-28-10-12-33-13-11-32/h2-9,14-16,28,30,32H,10-13,17H2,1H3,(H,29,31). The number of rotatable bonds is 10. The molecule has 0 aliphatic carbocycles. The van der Waals surface area contributed by atoms with Gasteiger partial charge < -0.3 is 25.5 Å². The summed E-state index contributed by atoms with van der Waals surface area (Å²) in [6, 6.07) is 21.4. The number of aromatic amines is 1. The number of thiophene rings is 1. The van der Waals surface area contributed by atoms with Crippen LogP contribution in [0, 0.1) is 6.92 Å². The Morgan fingerprint density at radius 2 is 1.91 bits per heavy atom. The fraction of sp³-hybridized carbons (Fsp3) is 0.222. The van der Waals surface area contributed by atoms with Crippen molar-refractivity contribution in [3.63, 3.8) is 0 Å². The summed E-state index contributed by atoms with van der Waals surface area (Å²) < 4.78 is 6.42. The molecule has 0 amide bonds. The first-order valence-electron chi connectivity index (χ1n) is 11.4. The predicted octanol–water partition coefficient (Wildman–Crippen LogP) is 5.60. The molecule has 3 aromatic heterocycles. The van der Waals surface area contributed by atoms with E-state index in [1.165, 1.54) is 21.4 Å². The number of anilines is 2. The number of hydrogen-bond donors (Lipinski definition) is 4. The van der Waals surface area contributed by atoms with Gasteiger partial charge in [0.05, 0.1) is 35.7 Å². The van der Waals surface area contributed by atoms with Crippen LogP contribution < -0.4 is 10.6 Å². The average Bonchev–Trinajstić information content (AvgIpc) is 3.45. The molecule has 4 N–H and O–H groups in total. The minimum absolute atomic E-state index is 0.0648. The molecular weight excluding hydrogens is 444 g/mol. The van der Waals surface area contributed by atoms with Crippen molar-refractivity contribution in [3.05, 3.63) is 78.1 Å². The monoisotopic (exact) mass is 472 g/mol. The molecule has 2 aromatic carbocycles. The summed E-state index contributed by atoms with van der Waals surface area (Å²) in [4.78, 5) is 9.17. The van der Waals surface area contributed by atoms with Gasteiger partial charge in [-0.1, -0.05) is 24.3 Å². The molecule has 0 aliphatic heterocycles. The number of ether oxygens (including phenoxy) is 1. The van der Waals surface area contributed by atoms with Gasteiger partial charge in [0.1, 0.15) is 0 Å². The van der Waals surface area contributed by atoms with E-state index in [1.807, 2.05) is 12.3 Å². The van der Waals surface area contributed by atoms with Crippen LogP contribution in [0.5, 0.6) is 0 Å². The quantitative estimate of drug-likeness (QED) is 0.199. The Morgan fingerprint density at radius 1 is 1.03 bits per heavy atom. The van der Waals surface area contributed by atoms with Crippen LogP contribution in [0.1, 0.15) is 11.3 Å². The zero-order valence-electron chi connectivity index (χ0n) is 19.1. The number of benzene rings is 2. The van der Waals surface area contributed by atoms with E-state index >= 15 is 0 Å². The van der Waals surface area contributed by atoms with Crippen molar-refractivity contribution in [1.29, 1.82) is 0 Å². The average molecular weight is 473 g/mol. The minimum atomic E-state index is 0.0648. The van der Waals surface area contributed by atoms with Crippen molar-refractivity contribution < 1.29 is 9.84 Å². The Labute approximate surface area is 202 Å². The number of aryl methyl sites for hydroxylation is 1. The van der Waals surface area contributed by atoms with Gasteiger partial charge in [-0.05, 0) is 54.4 Å². The third-order valence-corrected chi connectivity index (χ3v) is 6.88. The molecule has 0 unspecified atom stereocenters. The van der Waals surface area contributed by atoms with Crippen LogP contribution in [-0.4, -0.2) is 41.4 Å². The zero-order valence-corrected chi connectivity index (χ0v) is 19.9. The Hall–Kier alpha value is -3.23. The normalized spacial score (nSPS) is 11.5. The number of aliphatic hydroxyl groups excluding tert-OH is 1. The third-order valence-electron chi connectivity index (χ3n) is 5.67. The van der Waals surface area contributed by atoms with E-state index in [1.54, 1.807) is 11.3 Å². The first kappa shape index (κ1) is 22.6. The highest BCUT2D eigenvalue weighted by atomic mass is 32.1. The highest BCUT2D eigenvalue weighted by Crippen LogP contribution is 2.37. The van der Waals surface area contributed by atoms with Crippen molar-refractivity contribution in [2.45, 2.75) is 13.5 Å². The lowest BCUT2D eigenvalue weighted by Crippen LogP contribution is -2.19. The van der Waals surface area contributed by atoms with Crippen LogP contribution in [0.15, 0.2) is 66.9 Å². The summed E-state index contributed by atoms with van der Waals surface area (Å²) in [5.41, 5.74) is 7.85. The van der Waals surface area contributed by atoms with E-state index in [0.717, 1.165) is 45.9 Å². The van der Waals surface area contributed by atoms with E-state index in [2.05, 4.69) is 82.1 Å². The predicted molar refractivity (Wildman–Crippen MR) is 141 cm³/mol. The number of nitrogens with zero attached hydrogens (tertiary/aromatic N) is 1. The first-order chi connectivity index (χ1) is 16.7. The summed E-state index contributed by atoms with van der Waals surface area (Å²) in [6.07, 6.45) is 1.86. The van der Waals surface area contributed by atoms with Crippen molar-refractivity contribution in [2.75, 3.05) is 31.7 Å². The van der Waals surface area contributed by atoms with E-state index in [0.29, 0.717) is 13.2 Å². The van der Waals surface area contributed by atoms with Gasteiger partial charge in [-0.15, -0.1) is 11.3 Å². The maximum atomic E-state index is 8.73. The number of fused-ring (bicyclic) bond motifs is 2. The van der Waals surface area contributed by atoms with Crippen molar-refractivity contribution in [2.24, 2.45) is 0 Å². The second-order valence-corrected chi connectivity index (χ2v) is 9.32. The highest BCUT2D eigenvalue weighted by Gasteiger charge is 2.10. The molecule has 0 saturated carbocycles. The molecule has 174 valence electrons. The van der Waals surface area contributed by atoms with Gasteiger partial charge in [-0.25, -0.2) is 0 Å². The summed E-state index contributed by atoms with van der Waals surface area (Å²) in [7, 11) is 0. The number of H-pyrrole nitrogens is 1. The Kier molecular flexibility index (Phi) is 6.87. The molecule has 5 rings (SSSR count). The SMILES string of the molecule is Cc1cc2cc(Nc3ccnc4cc(-c5ccc(CNCCOCCO)cc5)sc34)ccc2[nH]1. The summed E-state index contributed by atoms with van der Waals surface area (Å²) >= 11 is 1.76. The van der Waals surface area contributed by atoms with Crippen LogP contribution in [0.3, 0.4) is 0 Å². The Bertz CT molecular complexity index is 1390. The largest absolute Gasteiger partial charge is 0.394 e. The van der Waals surface area contributed by atoms with Gasteiger partial charge in [0.25, 0.3) is 0 Å². The van der Waals surface area contributed by atoms with Crippen molar-refractivity contribution in [3.8, 4) is 10.4 Å². The summed E-state index contributed by atoms with van der Waals surface area (Å²) in [5.74, 6) is 0. The number of nitrogens with one attached hydrogen (secondary N) is 3. The second kappa shape index (κ2) is 10.4. The van der Waals surface area contributed by atoms with Gasteiger partial charge >= 0.3 is 0 Å². The van der Waals surface area contributed by atoms with Gasteiger partial charge in [0, 0.05) is 46.4 Å². The maximum Gasteiger partial charge on any atom is 0.0837 e. The zero-order chi connectivity index (χ0) is 23.3. The van der Waals surface area contributed by atoms with Crippen molar-refractivity contribution in [1.82, 2.24) is 15.3 Å². The molecule has 6 nitrogen and oxygen atoms in total. The smallest absolute Gasteiger partial charge is 0.0837 e. The Morgan fingerprint density at radius 3 is 2.76 bits per heavy atom. The molecule has 0 aliphatic rings. The van der Waals surface area contributed by atoms with Crippen LogP contribution in [0.4, 0.5) is 11.4 Å². The van der Waals surface area contributed by atoms with Gasteiger partial charge in [-0.3, -0.25) is 4.98 Å². The van der Waals surface area contributed by atoms with E-state index in [4.69, 9.17) is 9.84 Å². The number of pyridine rings is 1. The molecule has 7 heteroatoms. The molecule has 0 spiro atoms. The van der Waals surface area contributed by atoms with Gasteiger partial charge in [0.15, 0.2) is 0 Å². The lowest BCUT2D eigenvalue weighted by Gasteiger charge is -2.07.